The van der Waals surface area contributed by atoms with Crippen LogP contribution in [0, 0.1) is 17.2 Å². The lowest BCUT2D eigenvalue weighted by Crippen LogP contribution is -2.53. The van der Waals surface area contributed by atoms with Crippen molar-refractivity contribution < 1.29 is 22.7 Å². The highest BCUT2D eigenvalue weighted by Crippen LogP contribution is 2.29. The van der Waals surface area contributed by atoms with Gasteiger partial charge in [0.2, 0.25) is 15.9 Å². The Balaban J connectivity index is 1.87. The van der Waals surface area contributed by atoms with Crippen LogP contribution in [0.1, 0.15) is 20.3 Å². The fourth-order valence-corrected chi connectivity index (χ4v) is 4.47. The maximum absolute atomic E-state index is 12.5. The number of benzene rings is 1. The normalized spacial score (nSPS) is 16.2. The topological polar surface area (TPSA) is 112 Å². The van der Waals surface area contributed by atoms with Crippen LogP contribution in [0.25, 0.3) is 0 Å². The molecule has 1 fully saturated rings. The summed E-state index contributed by atoms with van der Waals surface area (Å²) < 4.78 is 37.7. The van der Waals surface area contributed by atoms with Crippen LogP contribution in [0.3, 0.4) is 0 Å². The van der Waals surface area contributed by atoms with Crippen LogP contribution in [0.4, 0.5) is 0 Å². The Hall–Kier alpha value is -2.35. The zero-order valence-electron chi connectivity index (χ0n) is 17.9. The quantitative estimate of drug-likeness (QED) is 0.614. The molecule has 0 aromatic heterocycles. The molecule has 1 aliphatic heterocycles. The molecule has 1 saturated heterocycles. The van der Waals surface area contributed by atoms with Crippen molar-refractivity contribution in [3.05, 3.63) is 18.2 Å². The van der Waals surface area contributed by atoms with Gasteiger partial charge >= 0.3 is 0 Å². The number of methoxy groups -OCH3 is 2. The molecule has 10 heteroatoms. The molecule has 1 heterocycles. The van der Waals surface area contributed by atoms with E-state index in [2.05, 4.69) is 15.7 Å². The van der Waals surface area contributed by atoms with Crippen LogP contribution in [0.5, 0.6) is 11.5 Å². The molecule has 0 radical (unpaired) electrons. The van der Waals surface area contributed by atoms with Crippen molar-refractivity contribution in [3.63, 3.8) is 0 Å². The van der Waals surface area contributed by atoms with Crippen molar-refractivity contribution >= 4 is 15.9 Å². The van der Waals surface area contributed by atoms with Crippen LogP contribution in [0.15, 0.2) is 23.1 Å². The number of piperazine rings is 1. The third kappa shape index (κ3) is 5.84. The van der Waals surface area contributed by atoms with Crippen LogP contribution in [-0.2, 0) is 14.8 Å². The smallest absolute Gasteiger partial charge is 0.240 e. The van der Waals surface area contributed by atoms with Gasteiger partial charge in [0.15, 0.2) is 11.5 Å². The molecule has 1 amide bonds. The Kier molecular flexibility index (Phi) is 8.46. The van der Waals surface area contributed by atoms with E-state index in [1.807, 2.05) is 13.8 Å². The standard InChI is InChI=1S/C20H30N4O5S/c1-15(2)17(14-21)23-9-11-24(12-10-23)20(25)7-8-22-30(26,27)16-5-6-18(28-3)19(13-16)29-4/h5-6,13,15,17,22H,7-12H2,1-4H3. The highest BCUT2D eigenvalue weighted by atomic mass is 32.2. The van der Waals surface area contributed by atoms with Crippen LogP contribution in [-0.4, -0.2) is 77.1 Å². The second-order valence-electron chi connectivity index (χ2n) is 7.40. The molecule has 0 spiro atoms. The third-order valence-electron chi connectivity index (χ3n) is 5.12. The number of carbonyl (C=O) groups is 1. The molecule has 1 aromatic carbocycles. The predicted octanol–water partition coefficient (Wildman–Crippen LogP) is 1.06. The molecule has 0 aliphatic carbocycles. The number of carbonyl (C=O) groups excluding carboxylic acids is 1. The summed E-state index contributed by atoms with van der Waals surface area (Å²) in [7, 11) is -0.876. The average Bonchev–Trinajstić information content (AvgIpc) is 2.73. The Labute approximate surface area is 178 Å². The van der Waals surface area contributed by atoms with E-state index in [0.717, 1.165) is 0 Å². The molecular formula is C20H30N4O5S. The minimum Gasteiger partial charge on any atom is -0.493 e. The molecule has 166 valence electrons. The Morgan fingerprint density at radius 2 is 1.80 bits per heavy atom. The van der Waals surface area contributed by atoms with Gasteiger partial charge in [-0.2, -0.15) is 5.26 Å². The first-order valence-electron chi connectivity index (χ1n) is 9.86. The monoisotopic (exact) mass is 438 g/mol. The summed E-state index contributed by atoms with van der Waals surface area (Å²) in [5.41, 5.74) is 0. The van der Waals surface area contributed by atoms with Gasteiger partial charge in [-0.1, -0.05) is 13.8 Å². The molecule has 1 aliphatic rings. The van der Waals surface area contributed by atoms with Gasteiger partial charge in [-0.05, 0) is 18.1 Å². The lowest BCUT2D eigenvalue weighted by molar-refractivity contribution is -0.133. The zero-order valence-corrected chi connectivity index (χ0v) is 18.7. The number of sulfonamides is 1. The Morgan fingerprint density at radius 1 is 1.17 bits per heavy atom. The molecule has 1 unspecified atom stereocenters. The van der Waals surface area contributed by atoms with Crippen LogP contribution < -0.4 is 14.2 Å². The first-order chi connectivity index (χ1) is 14.2. The number of hydrogen-bond acceptors (Lipinski definition) is 7. The van der Waals surface area contributed by atoms with Crippen molar-refractivity contribution in [2.75, 3.05) is 46.9 Å². The molecule has 2 rings (SSSR count). The Morgan fingerprint density at radius 3 is 2.33 bits per heavy atom. The van der Waals surface area contributed by atoms with E-state index in [9.17, 15) is 18.5 Å². The van der Waals surface area contributed by atoms with Gasteiger partial charge < -0.3 is 14.4 Å². The molecule has 1 atom stereocenters. The minimum atomic E-state index is -3.78. The molecule has 1 aromatic rings. The third-order valence-corrected chi connectivity index (χ3v) is 6.58. The molecule has 0 saturated carbocycles. The van der Waals surface area contributed by atoms with E-state index in [4.69, 9.17) is 9.47 Å². The summed E-state index contributed by atoms with van der Waals surface area (Å²) in [6.45, 7) is 6.37. The van der Waals surface area contributed by atoms with Gasteiger partial charge in [0.05, 0.1) is 25.2 Å². The molecule has 1 N–H and O–H groups in total. The number of hydrogen-bond donors (Lipinski definition) is 1. The van der Waals surface area contributed by atoms with Gasteiger partial charge in [-0.15, -0.1) is 0 Å². The number of nitriles is 1. The first-order valence-corrected chi connectivity index (χ1v) is 11.3. The van der Waals surface area contributed by atoms with E-state index in [-0.39, 0.29) is 35.7 Å². The number of rotatable bonds is 9. The minimum absolute atomic E-state index is 0.00252. The summed E-state index contributed by atoms with van der Waals surface area (Å²) in [5, 5.41) is 9.32. The van der Waals surface area contributed by atoms with Gasteiger partial charge in [0.1, 0.15) is 6.04 Å². The van der Waals surface area contributed by atoms with Crippen molar-refractivity contribution in [1.82, 2.24) is 14.5 Å². The van der Waals surface area contributed by atoms with E-state index < -0.39 is 10.0 Å². The van der Waals surface area contributed by atoms with Crippen molar-refractivity contribution in [2.45, 2.75) is 31.2 Å². The average molecular weight is 439 g/mol. The van der Waals surface area contributed by atoms with Gasteiger partial charge in [-0.25, -0.2) is 13.1 Å². The highest BCUT2D eigenvalue weighted by Gasteiger charge is 2.27. The number of amides is 1. The predicted molar refractivity (Wildman–Crippen MR) is 112 cm³/mol. The molecule has 9 nitrogen and oxygen atoms in total. The van der Waals surface area contributed by atoms with Gasteiger partial charge in [0, 0.05) is 45.2 Å². The fraction of sp³-hybridized carbons (Fsp3) is 0.600. The largest absolute Gasteiger partial charge is 0.493 e. The van der Waals surface area contributed by atoms with Crippen molar-refractivity contribution in [1.29, 1.82) is 5.26 Å². The van der Waals surface area contributed by atoms with E-state index in [1.54, 1.807) is 4.90 Å². The lowest BCUT2D eigenvalue weighted by atomic mass is 10.0. The van der Waals surface area contributed by atoms with Crippen molar-refractivity contribution in [3.8, 4) is 17.6 Å². The zero-order chi connectivity index (χ0) is 22.3. The SMILES string of the molecule is COc1ccc(S(=O)(=O)NCCC(=O)N2CCN(C(C#N)C(C)C)CC2)cc1OC. The highest BCUT2D eigenvalue weighted by molar-refractivity contribution is 7.89. The molecule has 30 heavy (non-hydrogen) atoms. The maximum atomic E-state index is 12.5. The molecule has 0 bridgehead atoms. The molecular weight excluding hydrogens is 408 g/mol. The van der Waals surface area contributed by atoms with E-state index >= 15 is 0 Å². The first kappa shape index (κ1) is 23.9. The summed E-state index contributed by atoms with van der Waals surface area (Å²) in [4.78, 5) is 16.3. The van der Waals surface area contributed by atoms with E-state index in [1.165, 1.54) is 32.4 Å². The summed E-state index contributed by atoms with van der Waals surface area (Å²) in [5.74, 6) is 0.860. The summed E-state index contributed by atoms with van der Waals surface area (Å²) in [6.07, 6.45) is 0.0678. The number of nitrogens with zero attached hydrogens (tertiary/aromatic N) is 3. The van der Waals surface area contributed by atoms with Crippen molar-refractivity contribution in [2.24, 2.45) is 5.92 Å². The van der Waals surface area contributed by atoms with Gasteiger partial charge in [0.25, 0.3) is 0 Å². The van der Waals surface area contributed by atoms with Crippen LogP contribution in [0.2, 0.25) is 0 Å². The van der Waals surface area contributed by atoms with Crippen LogP contribution >= 0.6 is 0 Å². The second-order valence-corrected chi connectivity index (χ2v) is 9.17. The number of ether oxygens (including phenoxy) is 2. The summed E-state index contributed by atoms with van der Waals surface area (Å²) in [6, 6.07) is 6.49. The lowest BCUT2D eigenvalue weighted by Gasteiger charge is -2.38. The fourth-order valence-electron chi connectivity index (χ4n) is 3.42. The second kappa shape index (κ2) is 10.6. The number of nitrogens with one attached hydrogen (secondary N) is 1. The van der Waals surface area contributed by atoms with E-state index in [0.29, 0.717) is 37.7 Å². The van der Waals surface area contributed by atoms with Gasteiger partial charge in [-0.3, -0.25) is 9.69 Å². The Bertz CT molecular complexity index is 874. The summed E-state index contributed by atoms with van der Waals surface area (Å²) >= 11 is 0. The maximum Gasteiger partial charge on any atom is 0.240 e.